The van der Waals surface area contributed by atoms with Crippen molar-refractivity contribution in [2.45, 2.75) is 38.3 Å². The zero-order valence-corrected chi connectivity index (χ0v) is 18.5. The third-order valence-electron chi connectivity index (χ3n) is 5.52. The summed E-state index contributed by atoms with van der Waals surface area (Å²) in [7, 11) is 3.30. The minimum absolute atomic E-state index is 0.123. The van der Waals surface area contributed by atoms with Crippen LogP contribution in [0.2, 0.25) is 0 Å². The molecule has 1 atom stereocenters. The Labute approximate surface area is 187 Å². The first-order valence-corrected chi connectivity index (χ1v) is 10.6. The Morgan fingerprint density at radius 1 is 1.06 bits per heavy atom. The number of ether oxygens (including phenoxy) is 3. The number of aliphatic carboxylic acids is 2. The Kier molecular flexibility index (Phi) is 10.2. The number of piperidine rings is 1. The molecule has 178 valence electrons. The first-order valence-electron chi connectivity index (χ1n) is 10.6. The van der Waals surface area contributed by atoms with E-state index in [2.05, 4.69) is 16.3 Å². The molecule has 2 fully saturated rings. The van der Waals surface area contributed by atoms with E-state index in [9.17, 15) is 4.79 Å². The van der Waals surface area contributed by atoms with Gasteiger partial charge in [-0.25, -0.2) is 9.59 Å². The van der Waals surface area contributed by atoms with Gasteiger partial charge >= 0.3 is 11.9 Å². The predicted molar refractivity (Wildman–Crippen MR) is 115 cm³/mol. The van der Waals surface area contributed by atoms with Gasteiger partial charge in [0.1, 0.15) is 0 Å². The van der Waals surface area contributed by atoms with E-state index in [1.165, 1.54) is 5.56 Å². The van der Waals surface area contributed by atoms with E-state index < -0.39 is 11.9 Å². The number of benzene rings is 1. The molecule has 3 N–H and O–H groups in total. The van der Waals surface area contributed by atoms with Crippen LogP contribution in [0.5, 0.6) is 11.5 Å². The molecule has 2 aliphatic rings. The van der Waals surface area contributed by atoms with Crippen molar-refractivity contribution >= 4 is 17.8 Å². The maximum atomic E-state index is 12.4. The molecule has 3 rings (SSSR count). The zero-order chi connectivity index (χ0) is 23.5. The number of carboxylic acid groups (broad SMARTS) is 2. The molecule has 1 aromatic rings. The fraction of sp³-hybridized carbons (Fsp3) is 0.591. The van der Waals surface area contributed by atoms with E-state index in [0.29, 0.717) is 6.54 Å². The van der Waals surface area contributed by atoms with E-state index >= 15 is 0 Å². The summed E-state index contributed by atoms with van der Waals surface area (Å²) in [6.07, 6.45) is 4.19. The van der Waals surface area contributed by atoms with Crippen molar-refractivity contribution in [3.8, 4) is 11.5 Å². The van der Waals surface area contributed by atoms with Crippen LogP contribution >= 0.6 is 0 Å². The van der Waals surface area contributed by atoms with Gasteiger partial charge in [0.25, 0.3) is 0 Å². The number of carbonyl (C=O) groups excluding carboxylic acids is 1. The van der Waals surface area contributed by atoms with Gasteiger partial charge in [-0.1, -0.05) is 6.07 Å². The molecule has 0 saturated carbocycles. The first-order chi connectivity index (χ1) is 15.3. The molecular weight excluding hydrogens is 420 g/mol. The molecule has 0 aromatic heterocycles. The van der Waals surface area contributed by atoms with Gasteiger partial charge in [-0.15, -0.1) is 0 Å². The summed E-state index contributed by atoms with van der Waals surface area (Å²) in [4.78, 5) is 33.0. The average Bonchev–Trinajstić information content (AvgIpc) is 3.32. The summed E-state index contributed by atoms with van der Waals surface area (Å²) in [6.45, 7) is 4.23. The molecule has 1 aromatic carbocycles. The fourth-order valence-electron chi connectivity index (χ4n) is 3.75. The Morgan fingerprint density at radius 3 is 2.25 bits per heavy atom. The molecule has 32 heavy (non-hydrogen) atoms. The van der Waals surface area contributed by atoms with Crippen LogP contribution in [0.25, 0.3) is 0 Å². The topological polar surface area (TPSA) is 135 Å². The van der Waals surface area contributed by atoms with E-state index in [4.69, 9.17) is 34.0 Å². The largest absolute Gasteiger partial charge is 0.493 e. The highest BCUT2D eigenvalue weighted by Gasteiger charge is 2.26. The van der Waals surface area contributed by atoms with Gasteiger partial charge in [0.05, 0.1) is 20.3 Å². The lowest BCUT2D eigenvalue weighted by Gasteiger charge is -2.31. The summed E-state index contributed by atoms with van der Waals surface area (Å²) in [5, 5.41) is 17.9. The van der Waals surface area contributed by atoms with E-state index in [1.807, 2.05) is 12.1 Å². The molecule has 1 unspecified atom stereocenters. The Hall–Kier alpha value is -2.85. The second-order valence-electron chi connectivity index (χ2n) is 7.73. The normalized spacial score (nSPS) is 18.9. The number of amides is 1. The molecule has 0 spiro atoms. The molecule has 0 bridgehead atoms. The zero-order valence-electron chi connectivity index (χ0n) is 18.5. The van der Waals surface area contributed by atoms with Crippen molar-refractivity contribution in [1.29, 1.82) is 0 Å². The quantitative estimate of drug-likeness (QED) is 0.524. The third kappa shape index (κ3) is 8.01. The molecule has 10 nitrogen and oxygen atoms in total. The van der Waals surface area contributed by atoms with Crippen LogP contribution in [0.3, 0.4) is 0 Å². The molecule has 10 heteroatoms. The Bertz CT molecular complexity index is 759. The van der Waals surface area contributed by atoms with Crippen molar-refractivity contribution in [2.75, 3.05) is 40.5 Å². The maximum Gasteiger partial charge on any atom is 0.414 e. The smallest absolute Gasteiger partial charge is 0.414 e. The number of carbonyl (C=O) groups is 3. The Morgan fingerprint density at radius 2 is 1.72 bits per heavy atom. The lowest BCUT2D eigenvalue weighted by Crippen LogP contribution is -2.42. The lowest BCUT2D eigenvalue weighted by molar-refractivity contribution is -0.159. The molecule has 0 aliphatic carbocycles. The van der Waals surface area contributed by atoms with Crippen molar-refractivity contribution < 1.29 is 38.8 Å². The van der Waals surface area contributed by atoms with E-state index in [0.717, 1.165) is 63.4 Å². The molecule has 2 aliphatic heterocycles. The molecule has 2 saturated heterocycles. The molecule has 1 amide bonds. The number of rotatable bonds is 7. The highest BCUT2D eigenvalue weighted by Crippen LogP contribution is 2.28. The van der Waals surface area contributed by atoms with Crippen molar-refractivity contribution in [2.24, 2.45) is 5.92 Å². The van der Waals surface area contributed by atoms with Crippen LogP contribution in [0, 0.1) is 5.92 Å². The van der Waals surface area contributed by atoms with Gasteiger partial charge in [-0.2, -0.15) is 0 Å². The molecule has 0 radical (unpaired) electrons. The van der Waals surface area contributed by atoms with Gasteiger partial charge in [-0.05, 0) is 56.5 Å². The van der Waals surface area contributed by atoms with Gasteiger partial charge in [0.15, 0.2) is 11.5 Å². The minimum atomic E-state index is -1.82. The highest BCUT2D eigenvalue weighted by atomic mass is 16.5. The standard InChI is InChI=1S/C20H30N2O4.C2H2O4/c1-24-18-6-5-15(12-19(18)25-2)14-22-9-7-16(8-10-22)20(23)21-13-17-4-3-11-26-17;3-1(4)2(5)6/h5-6,12,16-17H,3-4,7-11,13-14H2,1-2H3,(H,21,23);(H,3,4)(H,5,6). The Balaban J connectivity index is 0.000000534. The highest BCUT2D eigenvalue weighted by molar-refractivity contribution is 6.27. The maximum absolute atomic E-state index is 12.4. The van der Waals surface area contributed by atoms with Crippen LogP contribution in [-0.2, 0) is 25.7 Å². The average molecular weight is 453 g/mol. The van der Waals surface area contributed by atoms with Crippen LogP contribution in [0.15, 0.2) is 18.2 Å². The lowest BCUT2D eigenvalue weighted by atomic mass is 9.95. The summed E-state index contributed by atoms with van der Waals surface area (Å²) < 4.78 is 16.2. The van der Waals surface area contributed by atoms with E-state index in [-0.39, 0.29) is 17.9 Å². The van der Waals surface area contributed by atoms with Crippen LogP contribution < -0.4 is 14.8 Å². The monoisotopic (exact) mass is 452 g/mol. The second-order valence-corrected chi connectivity index (χ2v) is 7.73. The fourth-order valence-corrected chi connectivity index (χ4v) is 3.75. The predicted octanol–water partition coefficient (Wildman–Crippen LogP) is 1.37. The third-order valence-corrected chi connectivity index (χ3v) is 5.52. The summed E-state index contributed by atoms with van der Waals surface area (Å²) in [5.74, 6) is -1.83. The van der Waals surface area contributed by atoms with Crippen LogP contribution in [0.1, 0.15) is 31.2 Å². The van der Waals surface area contributed by atoms with Crippen LogP contribution in [0.4, 0.5) is 0 Å². The van der Waals surface area contributed by atoms with Gasteiger partial charge in [0, 0.05) is 25.6 Å². The number of nitrogens with one attached hydrogen (secondary N) is 1. The van der Waals surface area contributed by atoms with Gasteiger partial charge in [0.2, 0.25) is 5.91 Å². The van der Waals surface area contributed by atoms with Crippen molar-refractivity contribution in [3.05, 3.63) is 23.8 Å². The molecular formula is C22H32N2O8. The van der Waals surface area contributed by atoms with Gasteiger partial charge < -0.3 is 29.7 Å². The van der Waals surface area contributed by atoms with E-state index in [1.54, 1.807) is 14.2 Å². The first kappa shape index (κ1) is 25.4. The summed E-state index contributed by atoms with van der Waals surface area (Å²) in [5.41, 5.74) is 1.20. The SMILES string of the molecule is COc1ccc(CN2CCC(C(=O)NCC3CCCO3)CC2)cc1OC.O=C(O)C(=O)O. The van der Waals surface area contributed by atoms with Crippen molar-refractivity contribution in [1.82, 2.24) is 10.2 Å². The van der Waals surface area contributed by atoms with Crippen molar-refractivity contribution in [3.63, 3.8) is 0 Å². The number of methoxy groups -OCH3 is 2. The molecule has 2 heterocycles. The van der Waals surface area contributed by atoms with Crippen LogP contribution in [-0.4, -0.2) is 79.5 Å². The number of hydrogen-bond donors (Lipinski definition) is 3. The van der Waals surface area contributed by atoms with Gasteiger partial charge in [-0.3, -0.25) is 9.69 Å². The number of likely N-dealkylation sites (tertiary alicyclic amines) is 1. The minimum Gasteiger partial charge on any atom is -0.493 e. The number of nitrogens with zero attached hydrogens (tertiary/aromatic N) is 1. The summed E-state index contributed by atoms with van der Waals surface area (Å²) >= 11 is 0. The summed E-state index contributed by atoms with van der Waals surface area (Å²) in [6, 6.07) is 6.04. The second kappa shape index (κ2) is 12.9. The number of carboxylic acids is 2. The number of hydrogen-bond acceptors (Lipinski definition) is 7.